The second-order valence-corrected chi connectivity index (χ2v) is 4.56. The smallest absolute Gasteiger partial charge is 0.271 e. The van der Waals surface area contributed by atoms with E-state index in [-0.39, 0.29) is 11.6 Å². The van der Waals surface area contributed by atoms with Crippen molar-refractivity contribution in [2.24, 2.45) is 5.73 Å². The Morgan fingerprint density at radius 1 is 1.37 bits per heavy atom. The standard InChI is InChI=1S/C12H11F2N3OS/c13-8-2-1-7(5-9(8)14)11-10(17-6-19-11)12(18)16-4-3-15/h1-2,5-6H,3-4,15H2,(H,16,18). The lowest BCUT2D eigenvalue weighted by molar-refractivity contribution is 0.0951. The molecule has 0 aliphatic rings. The minimum atomic E-state index is -0.959. The molecule has 1 aromatic heterocycles. The van der Waals surface area contributed by atoms with Crippen LogP contribution in [0, 0.1) is 11.6 Å². The largest absolute Gasteiger partial charge is 0.349 e. The second kappa shape index (κ2) is 5.85. The summed E-state index contributed by atoms with van der Waals surface area (Å²) in [6, 6.07) is 3.47. The van der Waals surface area contributed by atoms with Crippen LogP contribution in [0.4, 0.5) is 8.78 Å². The van der Waals surface area contributed by atoms with Crippen LogP contribution in [0.2, 0.25) is 0 Å². The molecule has 0 aliphatic carbocycles. The molecule has 0 saturated heterocycles. The van der Waals surface area contributed by atoms with Crippen LogP contribution in [0.1, 0.15) is 10.5 Å². The van der Waals surface area contributed by atoms with Crippen molar-refractivity contribution in [1.29, 1.82) is 0 Å². The topological polar surface area (TPSA) is 68.0 Å². The number of halogens is 2. The maximum atomic E-state index is 13.2. The van der Waals surface area contributed by atoms with Gasteiger partial charge in [-0.15, -0.1) is 11.3 Å². The summed E-state index contributed by atoms with van der Waals surface area (Å²) in [5, 5.41) is 2.58. The van der Waals surface area contributed by atoms with Crippen LogP contribution in [0.5, 0.6) is 0 Å². The minimum absolute atomic E-state index is 0.185. The molecule has 0 radical (unpaired) electrons. The molecule has 0 fully saturated rings. The van der Waals surface area contributed by atoms with Crippen LogP contribution in [0.3, 0.4) is 0 Å². The van der Waals surface area contributed by atoms with Crippen molar-refractivity contribution < 1.29 is 13.6 Å². The highest BCUT2D eigenvalue weighted by atomic mass is 32.1. The Morgan fingerprint density at radius 2 is 2.16 bits per heavy atom. The molecule has 7 heteroatoms. The van der Waals surface area contributed by atoms with E-state index in [0.29, 0.717) is 23.5 Å². The summed E-state index contributed by atoms with van der Waals surface area (Å²) >= 11 is 1.19. The van der Waals surface area contributed by atoms with Gasteiger partial charge in [0.1, 0.15) is 5.69 Å². The first-order valence-electron chi connectivity index (χ1n) is 5.50. The maximum absolute atomic E-state index is 13.2. The summed E-state index contributed by atoms with van der Waals surface area (Å²) in [7, 11) is 0. The highest BCUT2D eigenvalue weighted by Gasteiger charge is 2.17. The summed E-state index contributed by atoms with van der Waals surface area (Å²) in [5.74, 6) is -2.27. The number of amides is 1. The number of hydrogen-bond donors (Lipinski definition) is 2. The van der Waals surface area contributed by atoms with Crippen LogP contribution < -0.4 is 11.1 Å². The van der Waals surface area contributed by atoms with Gasteiger partial charge in [0.05, 0.1) is 10.4 Å². The number of carbonyl (C=O) groups excluding carboxylic acids is 1. The van der Waals surface area contributed by atoms with Crippen LogP contribution >= 0.6 is 11.3 Å². The van der Waals surface area contributed by atoms with E-state index in [9.17, 15) is 13.6 Å². The average molecular weight is 283 g/mol. The molecule has 0 saturated carbocycles. The van der Waals surface area contributed by atoms with Gasteiger partial charge in [0, 0.05) is 13.1 Å². The number of nitrogens with zero attached hydrogens (tertiary/aromatic N) is 1. The molecular weight excluding hydrogens is 272 g/mol. The quantitative estimate of drug-likeness (QED) is 0.898. The monoisotopic (exact) mass is 283 g/mol. The van der Waals surface area contributed by atoms with Gasteiger partial charge in [-0.3, -0.25) is 4.79 Å². The average Bonchev–Trinajstić information content (AvgIpc) is 2.88. The molecule has 0 bridgehead atoms. The summed E-state index contributed by atoms with van der Waals surface area (Å²) in [6.07, 6.45) is 0. The van der Waals surface area contributed by atoms with Crippen LogP contribution in [0.25, 0.3) is 10.4 Å². The molecule has 2 rings (SSSR count). The predicted molar refractivity (Wildman–Crippen MR) is 68.9 cm³/mol. The van der Waals surface area contributed by atoms with Crippen molar-refractivity contribution in [1.82, 2.24) is 10.3 Å². The van der Waals surface area contributed by atoms with Crippen molar-refractivity contribution in [2.75, 3.05) is 13.1 Å². The van der Waals surface area contributed by atoms with Gasteiger partial charge in [-0.2, -0.15) is 0 Å². The van der Waals surface area contributed by atoms with E-state index in [1.807, 2.05) is 0 Å². The Hall–Kier alpha value is -1.86. The third-order valence-corrected chi connectivity index (χ3v) is 3.27. The maximum Gasteiger partial charge on any atom is 0.271 e. The molecule has 2 aromatic rings. The molecular formula is C12H11F2N3OS. The first kappa shape index (κ1) is 13.6. The summed E-state index contributed by atoms with van der Waals surface area (Å²) in [6.45, 7) is 0.643. The predicted octanol–water partition coefficient (Wildman–Crippen LogP) is 1.78. The fourth-order valence-electron chi connectivity index (χ4n) is 1.52. The fraction of sp³-hybridized carbons (Fsp3) is 0.167. The highest BCUT2D eigenvalue weighted by molar-refractivity contribution is 7.13. The number of rotatable bonds is 4. The number of aromatic nitrogens is 1. The molecule has 0 unspecified atom stereocenters. The van der Waals surface area contributed by atoms with Crippen molar-refractivity contribution in [3.8, 4) is 10.4 Å². The van der Waals surface area contributed by atoms with Gasteiger partial charge in [0.25, 0.3) is 5.91 Å². The Bertz CT molecular complexity index is 600. The summed E-state index contributed by atoms with van der Waals surface area (Å²) in [4.78, 5) is 16.3. The summed E-state index contributed by atoms with van der Waals surface area (Å²) in [5.41, 5.74) is 7.37. The lowest BCUT2D eigenvalue weighted by Crippen LogP contribution is -2.29. The van der Waals surface area contributed by atoms with Crippen LogP contribution in [-0.4, -0.2) is 24.0 Å². The minimum Gasteiger partial charge on any atom is -0.349 e. The number of benzene rings is 1. The summed E-state index contributed by atoms with van der Waals surface area (Å²) < 4.78 is 26.1. The molecule has 1 amide bonds. The Balaban J connectivity index is 2.33. The van der Waals surface area contributed by atoms with Gasteiger partial charge >= 0.3 is 0 Å². The molecule has 1 heterocycles. The third-order valence-electron chi connectivity index (χ3n) is 2.39. The molecule has 3 N–H and O–H groups in total. The number of nitrogens with two attached hydrogens (primary N) is 1. The second-order valence-electron chi connectivity index (χ2n) is 3.70. The number of thiazole rings is 1. The highest BCUT2D eigenvalue weighted by Crippen LogP contribution is 2.28. The molecule has 19 heavy (non-hydrogen) atoms. The van der Waals surface area contributed by atoms with Crippen molar-refractivity contribution in [3.63, 3.8) is 0 Å². The van der Waals surface area contributed by atoms with Gasteiger partial charge in [-0.05, 0) is 17.7 Å². The van der Waals surface area contributed by atoms with E-state index in [1.54, 1.807) is 0 Å². The van der Waals surface area contributed by atoms with E-state index in [0.717, 1.165) is 12.1 Å². The van der Waals surface area contributed by atoms with Gasteiger partial charge < -0.3 is 11.1 Å². The van der Waals surface area contributed by atoms with Gasteiger partial charge in [-0.1, -0.05) is 6.07 Å². The normalized spacial score (nSPS) is 10.5. The molecule has 0 atom stereocenters. The van der Waals surface area contributed by atoms with Gasteiger partial charge in [0.15, 0.2) is 11.6 Å². The number of carbonyl (C=O) groups is 1. The molecule has 1 aromatic carbocycles. The fourth-order valence-corrected chi connectivity index (χ4v) is 2.30. The zero-order valence-electron chi connectivity index (χ0n) is 9.82. The number of hydrogen-bond acceptors (Lipinski definition) is 4. The van der Waals surface area contributed by atoms with Crippen molar-refractivity contribution in [2.45, 2.75) is 0 Å². The van der Waals surface area contributed by atoms with E-state index < -0.39 is 11.6 Å². The third kappa shape index (κ3) is 2.94. The SMILES string of the molecule is NCCNC(=O)c1ncsc1-c1ccc(F)c(F)c1. The van der Waals surface area contributed by atoms with Crippen molar-refractivity contribution >= 4 is 17.2 Å². The van der Waals surface area contributed by atoms with Gasteiger partial charge in [-0.25, -0.2) is 13.8 Å². The zero-order valence-corrected chi connectivity index (χ0v) is 10.6. The lowest BCUT2D eigenvalue weighted by atomic mass is 10.1. The van der Waals surface area contributed by atoms with E-state index in [2.05, 4.69) is 10.3 Å². The Kier molecular flexibility index (Phi) is 4.18. The van der Waals surface area contributed by atoms with Crippen LogP contribution in [-0.2, 0) is 0 Å². The first-order chi connectivity index (χ1) is 9.13. The Labute approximate surface area is 112 Å². The van der Waals surface area contributed by atoms with E-state index in [1.165, 1.54) is 22.9 Å². The van der Waals surface area contributed by atoms with Gasteiger partial charge in [0.2, 0.25) is 0 Å². The first-order valence-corrected chi connectivity index (χ1v) is 6.38. The Morgan fingerprint density at radius 3 is 2.84 bits per heavy atom. The van der Waals surface area contributed by atoms with E-state index in [4.69, 9.17) is 5.73 Å². The van der Waals surface area contributed by atoms with Crippen molar-refractivity contribution in [3.05, 3.63) is 41.0 Å². The molecule has 4 nitrogen and oxygen atoms in total. The zero-order chi connectivity index (χ0) is 13.8. The van der Waals surface area contributed by atoms with Crippen LogP contribution in [0.15, 0.2) is 23.7 Å². The number of nitrogens with one attached hydrogen (secondary N) is 1. The lowest BCUT2D eigenvalue weighted by Gasteiger charge is -2.04. The molecule has 100 valence electrons. The van der Waals surface area contributed by atoms with E-state index >= 15 is 0 Å². The molecule has 0 aliphatic heterocycles. The molecule has 0 spiro atoms.